The van der Waals surface area contributed by atoms with E-state index in [-0.39, 0.29) is 5.92 Å². The third-order valence-corrected chi connectivity index (χ3v) is 5.21. The van der Waals surface area contributed by atoms with Gasteiger partial charge >= 0.3 is 5.97 Å². The molecule has 0 aliphatic heterocycles. The molecule has 6 heteroatoms. The molecule has 0 aromatic carbocycles. The normalized spacial score (nSPS) is 26.1. The molecule has 112 valence electrons. The van der Waals surface area contributed by atoms with Gasteiger partial charge in [-0.2, -0.15) is 0 Å². The monoisotopic (exact) mass is 298 g/mol. The van der Waals surface area contributed by atoms with E-state index in [2.05, 4.69) is 10.3 Å². The van der Waals surface area contributed by atoms with Crippen LogP contribution in [0.4, 0.5) is 0 Å². The van der Waals surface area contributed by atoms with Gasteiger partial charge in [0.2, 0.25) is 0 Å². The molecule has 2 N–H and O–H groups in total. The van der Waals surface area contributed by atoms with E-state index in [1.54, 1.807) is 18.8 Å². The van der Waals surface area contributed by atoms with Crippen molar-refractivity contribution in [2.45, 2.75) is 50.3 Å². The van der Waals surface area contributed by atoms with Crippen LogP contribution in [0, 0.1) is 19.8 Å². The van der Waals surface area contributed by atoms with Crippen molar-refractivity contribution in [3.8, 4) is 0 Å². The molecule has 0 spiro atoms. The fourth-order valence-electron chi connectivity index (χ4n) is 2.98. The molecule has 1 aromatic rings. The first kappa shape index (κ1) is 15.4. The number of aryl methyl sites for hydroxylation is 2. The minimum Gasteiger partial charge on any atom is -0.480 e. The third-order valence-electron chi connectivity index (χ3n) is 4.35. The Kier molecular flexibility index (Phi) is 4.75. The fraction of sp³-hybridized carbons (Fsp3) is 0.714. The minimum absolute atomic E-state index is 0.176. The van der Waals surface area contributed by atoms with Crippen LogP contribution in [0.25, 0.3) is 0 Å². The van der Waals surface area contributed by atoms with Crippen molar-refractivity contribution in [1.29, 1.82) is 0 Å². The highest BCUT2D eigenvalue weighted by atomic mass is 32.2. The number of likely N-dealkylation sites (N-methyl/N-ethyl adjacent to an activating group) is 1. The van der Waals surface area contributed by atoms with Gasteiger partial charge in [-0.1, -0.05) is 18.2 Å². The van der Waals surface area contributed by atoms with Gasteiger partial charge in [0.15, 0.2) is 0 Å². The summed E-state index contributed by atoms with van der Waals surface area (Å²) in [6, 6.07) is 0. The Labute approximate surface area is 123 Å². The SMILES string of the molecule is CNC1(C(=O)O)CCCC1CCSc1nc(C)c(C)o1. The zero-order valence-corrected chi connectivity index (χ0v) is 13.0. The number of nitrogens with one attached hydrogen (secondary N) is 1. The molecule has 0 bridgehead atoms. The molecule has 2 unspecified atom stereocenters. The van der Waals surface area contributed by atoms with E-state index in [4.69, 9.17) is 4.42 Å². The van der Waals surface area contributed by atoms with Gasteiger partial charge in [-0.25, -0.2) is 4.98 Å². The molecule has 1 aliphatic rings. The second-order valence-corrected chi connectivity index (χ2v) is 6.42. The molecular formula is C14H22N2O3S. The van der Waals surface area contributed by atoms with E-state index in [0.717, 1.165) is 36.5 Å². The second-order valence-electron chi connectivity index (χ2n) is 5.37. The van der Waals surface area contributed by atoms with Crippen molar-refractivity contribution < 1.29 is 14.3 Å². The highest BCUT2D eigenvalue weighted by molar-refractivity contribution is 7.99. The van der Waals surface area contributed by atoms with Crippen molar-refractivity contribution in [3.05, 3.63) is 11.5 Å². The number of aliphatic carboxylic acids is 1. The summed E-state index contributed by atoms with van der Waals surface area (Å²) in [5.74, 6) is 1.13. The highest BCUT2D eigenvalue weighted by Crippen LogP contribution is 2.39. The van der Waals surface area contributed by atoms with Crippen LogP contribution >= 0.6 is 11.8 Å². The van der Waals surface area contributed by atoms with Crippen LogP contribution in [-0.4, -0.2) is 34.4 Å². The van der Waals surface area contributed by atoms with Gasteiger partial charge in [0.1, 0.15) is 11.3 Å². The Balaban J connectivity index is 1.91. The summed E-state index contributed by atoms with van der Waals surface area (Å²) < 4.78 is 5.52. The fourth-order valence-corrected chi connectivity index (χ4v) is 3.94. The summed E-state index contributed by atoms with van der Waals surface area (Å²) in [5, 5.41) is 13.2. The Morgan fingerprint density at radius 1 is 1.60 bits per heavy atom. The molecule has 1 aromatic heterocycles. The number of nitrogens with zero attached hydrogens (tertiary/aromatic N) is 1. The van der Waals surface area contributed by atoms with Crippen LogP contribution in [-0.2, 0) is 4.79 Å². The van der Waals surface area contributed by atoms with Crippen LogP contribution < -0.4 is 5.32 Å². The lowest BCUT2D eigenvalue weighted by atomic mass is 9.85. The maximum absolute atomic E-state index is 11.5. The minimum atomic E-state index is -0.747. The molecule has 0 amide bonds. The Hall–Kier alpha value is -1.01. The van der Waals surface area contributed by atoms with E-state index in [9.17, 15) is 9.90 Å². The molecular weight excluding hydrogens is 276 g/mol. The molecule has 5 nitrogen and oxygen atoms in total. The molecule has 2 rings (SSSR count). The van der Waals surface area contributed by atoms with Crippen molar-refractivity contribution in [2.24, 2.45) is 5.92 Å². The van der Waals surface area contributed by atoms with Gasteiger partial charge in [-0.05, 0) is 46.1 Å². The summed E-state index contributed by atoms with van der Waals surface area (Å²) in [6.45, 7) is 3.83. The summed E-state index contributed by atoms with van der Waals surface area (Å²) in [6.07, 6.45) is 3.51. The first-order valence-electron chi connectivity index (χ1n) is 6.98. The van der Waals surface area contributed by atoms with Gasteiger partial charge < -0.3 is 14.8 Å². The largest absolute Gasteiger partial charge is 0.480 e. The first-order valence-corrected chi connectivity index (χ1v) is 7.97. The standard InChI is InChI=1S/C14H22N2O3S/c1-9-10(2)19-13(16-9)20-8-6-11-5-4-7-14(11,15-3)12(17)18/h11,15H,4-8H2,1-3H3,(H,17,18). The number of thioether (sulfide) groups is 1. The average Bonchev–Trinajstić information content (AvgIpc) is 2.95. The van der Waals surface area contributed by atoms with Gasteiger partial charge in [0.25, 0.3) is 5.22 Å². The van der Waals surface area contributed by atoms with E-state index >= 15 is 0 Å². The Morgan fingerprint density at radius 3 is 2.90 bits per heavy atom. The van der Waals surface area contributed by atoms with Gasteiger partial charge in [-0.15, -0.1) is 0 Å². The number of carbonyl (C=O) groups is 1. The lowest BCUT2D eigenvalue weighted by Gasteiger charge is -2.30. The first-order chi connectivity index (χ1) is 9.49. The van der Waals surface area contributed by atoms with Crippen LogP contribution in [0.15, 0.2) is 9.64 Å². The number of oxazole rings is 1. The number of hydrogen-bond acceptors (Lipinski definition) is 5. The maximum atomic E-state index is 11.5. The van der Waals surface area contributed by atoms with Gasteiger partial charge in [0, 0.05) is 5.75 Å². The van der Waals surface area contributed by atoms with Crippen LogP contribution in [0.2, 0.25) is 0 Å². The molecule has 0 radical (unpaired) electrons. The summed E-state index contributed by atoms with van der Waals surface area (Å²) in [4.78, 5) is 15.9. The number of hydrogen-bond donors (Lipinski definition) is 2. The van der Waals surface area contributed by atoms with Crippen molar-refractivity contribution in [1.82, 2.24) is 10.3 Å². The molecule has 20 heavy (non-hydrogen) atoms. The predicted octanol–water partition coefficient (Wildman–Crippen LogP) is 2.62. The van der Waals surface area contributed by atoms with Crippen molar-refractivity contribution in [3.63, 3.8) is 0 Å². The van der Waals surface area contributed by atoms with Crippen molar-refractivity contribution in [2.75, 3.05) is 12.8 Å². The Morgan fingerprint density at radius 2 is 2.35 bits per heavy atom. The summed E-state index contributed by atoms with van der Waals surface area (Å²) in [7, 11) is 1.75. The van der Waals surface area contributed by atoms with E-state index in [1.807, 2.05) is 13.8 Å². The summed E-state index contributed by atoms with van der Waals surface area (Å²) >= 11 is 1.57. The van der Waals surface area contributed by atoms with E-state index < -0.39 is 11.5 Å². The zero-order chi connectivity index (χ0) is 14.8. The Bertz CT molecular complexity index is 469. The molecule has 1 saturated carbocycles. The lowest BCUT2D eigenvalue weighted by Crippen LogP contribution is -2.53. The maximum Gasteiger partial charge on any atom is 0.324 e. The quantitative estimate of drug-likeness (QED) is 0.786. The van der Waals surface area contributed by atoms with E-state index in [1.165, 1.54) is 0 Å². The molecule has 1 aliphatic carbocycles. The molecule has 0 saturated heterocycles. The average molecular weight is 298 g/mol. The summed E-state index contributed by atoms with van der Waals surface area (Å²) in [5.41, 5.74) is 0.173. The molecule has 1 fully saturated rings. The molecule has 1 heterocycles. The zero-order valence-electron chi connectivity index (χ0n) is 12.2. The van der Waals surface area contributed by atoms with Crippen LogP contribution in [0.5, 0.6) is 0 Å². The number of rotatable bonds is 6. The highest BCUT2D eigenvalue weighted by Gasteiger charge is 2.47. The lowest BCUT2D eigenvalue weighted by molar-refractivity contribution is -0.146. The number of carboxylic acid groups (broad SMARTS) is 1. The molecule has 2 atom stereocenters. The number of carboxylic acids is 1. The number of aromatic nitrogens is 1. The van der Waals surface area contributed by atoms with Crippen LogP contribution in [0.3, 0.4) is 0 Å². The van der Waals surface area contributed by atoms with Gasteiger partial charge in [-0.3, -0.25) is 4.79 Å². The second kappa shape index (κ2) is 6.18. The third kappa shape index (κ3) is 2.86. The van der Waals surface area contributed by atoms with E-state index in [0.29, 0.717) is 11.6 Å². The van der Waals surface area contributed by atoms with Crippen LogP contribution in [0.1, 0.15) is 37.1 Å². The topological polar surface area (TPSA) is 75.4 Å². The predicted molar refractivity (Wildman–Crippen MR) is 78.1 cm³/mol. The van der Waals surface area contributed by atoms with Gasteiger partial charge in [0.05, 0.1) is 5.69 Å². The van der Waals surface area contributed by atoms with Crippen molar-refractivity contribution >= 4 is 17.7 Å². The smallest absolute Gasteiger partial charge is 0.324 e.